The molecule has 3 N–H and O–H groups in total. The van der Waals surface area contributed by atoms with E-state index in [9.17, 15) is 15.0 Å². The molecule has 6 heteroatoms. The fourth-order valence-corrected chi connectivity index (χ4v) is 3.35. The monoisotopic (exact) mass is 264 g/mol. The number of carboxylic acid groups (broad SMARTS) is 1. The zero-order valence-electron chi connectivity index (χ0n) is 10.4. The van der Waals surface area contributed by atoms with Crippen LogP contribution in [0.15, 0.2) is 18.3 Å². The summed E-state index contributed by atoms with van der Waals surface area (Å²) in [4.78, 5) is 17.3. The van der Waals surface area contributed by atoms with Crippen molar-refractivity contribution >= 4 is 11.8 Å². The Labute approximate surface area is 110 Å². The number of aliphatic hydroxyl groups excluding tert-OH is 2. The highest BCUT2D eigenvalue weighted by Crippen LogP contribution is 2.62. The first-order valence-electron chi connectivity index (χ1n) is 6.29. The van der Waals surface area contributed by atoms with Crippen molar-refractivity contribution in [2.75, 3.05) is 31.2 Å². The number of carbonyl (C=O) groups is 1. The molecule has 0 aromatic carbocycles. The maximum Gasteiger partial charge on any atom is 0.339 e. The van der Waals surface area contributed by atoms with Gasteiger partial charge in [-0.25, -0.2) is 9.78 Å². The molecule has 2 fully saturated rings. The van der Waals surface area contributed by atoms with Gasteiger partial charge in [-0.15, -0.1) is 0 Å². The molecular weight excluding hydrogens is 248 g/mol. The fraction of sp³-hybridized carbons (Fsp3) is 0.538. The van der Waals surface area contributed by atoms with Gasteiger partial charge in [0.1, 0.15) is 11.4 Å². The summed E-state index contributed by atoms with van der Waals surface area (Å²) in [6.07, 6.45) is 1.58. The fourth-order valence-electron chi connectivity index (χ4n) is 3.35. The number of hydrogen-bond acceptors (Lipinski definition) is 5. The summed E-state index contributed by atoms with van der Waals surface area (Å²) in [5.41, 5.74) is -0.170. The summed E-state index contributed by atoms with van der Waals surface area (Å²) >= 11 is 0. The second-order valence-electron chi connectivity index (χ2n) is 5.35. The Hall–Kier alpha value is -1.66. The molecule has 0 spiro atoms. The molecule has 2 aliphatic rings. The van der Waals surface area contributed by atoms with Gasteiger partial charge in [0.05, 0.1) is 13.2 Å². The normalized spacial score (nSPS) is 27.2. The largest absolute Gasteiger partial charge is 0.478 e. The second-order valence-corrected chi connectivity index (χ2v) is 5.35. The molecule has 2 atom stereocenters. The van der Waals surface area contributed by atoms with Crippen LogP contribution in [0.5, 0.6) is 0 Å². The summed E-state index contributed by atoms with van der Waals surface area (Å²) in [7, 11) is 0. The molecule has 0 bridgehead atoms. The van der Waals surface area contributed by atoms with Crippen molar-refractivity contribution < 1.29 is 20.1 Å². The van der Waals surface area contributed by atoms with E-state index >= 15 is 0 Å². The van der Waals surface area contributed by atoms with Crippen LogP contribution in [0.2, 0.25) is 0 Å². The molecule has 6 nitrogen and oxygen atoms in total. The van der Waals surface area contributed by atoms with Crippen LogP contribution >= 0.6 is 0 Å². The molecule has 2 unspecified atom stereocenters. The van der Waals surface area contributed by atoms with Crippen LogP contribution in [-0.4, -0.2) is 52.6 Å². The lowest BCUT2D eigenvalue weighted by Crippen LogP contribution is -2.33. The van der Waals surface area contributed by atoms with Crippen molar-refractivity contribution in [3.63, 3.8) is 0 Å². The average Bonchev–Trinajstić information content (AvgIpc) is 2.81. The van der Waals surface area contributed by atoms with Crippen molar-refractivity contribution in [3.8, 4) is 0 Å². The molecule has 1 aliphatic carbocycles. The molecule has 1 saturated carbocycles. The quantitative estimate of drug-likeness (QED) is 0.698. The number of piperidine rings is 1. The van der Waals surface area contributed by atoms with Crippen LogP contribution in [-0.2, 0) is 0 Å². The van der Waals surface area contributed by atoms with Gasteiger partial charge in [0.25, 0.3) is 0 Å². The predicted octanol–water partition coefficient (Wildman–Crippen LogP) is -0.183. The number of aliphatic hydroxyl groups is 2. The van der Waals surface area contributed by atoms with Gasteiger partial charge in [0, 0.05) is 24.7 Å². The summed E-state index contributed by atoms with van der Waals surface area (Å²) in [5.74, 6) is -0.0523. The third kappa shape index (κ3) is 1.63. The minimum Gasteiger partial charge on any atom is -0.478 e. The van der Waals surface area contributed by atoms with Crippen molar-refractivity contribution in [2.24, 2.45) is 17.3 Å². The third-order valence-electron chi connectivity index (χ3n) is 4.59. The van der Waals surface area contributed by atoms with Crippen LogP contribution in [0, 0.1) is 17.3 Å². The van der Waals surface area contributed by atoms with E-state index in [0.717, 1.165) is 0 Å². The summed E-state index contributed by atoms with van der Waals surface area (Å²) in [6.45, 7) is 1.26. The first-order valence-corrected chi connectivity index (χ1v) is 6.29. The lowest BCUT2D eigenvalue weighted by atomic mass is 10.0. The topological polar surface area (TPSA) is 93.9 Å². The number of carboxylic acids is 1. The molecule has 1 aliphatic heterocycles. The maximum absolute atomic E-state index is 11.2. The molecule has 1 saturated heterocycles. The van der Waals surface area contributed by atoms with Gasteiger partial charge < -0.3 is 20.2 Å². The van der Waals surface area contributed by atoms with E-state index in [1.54, 1.807) is 18.3 Å². The minimum absolute atomic E-state index is 0.0132. The van der Waals surface area contributed by atoms with E-state index in [-0.39, 0.29) is 36.0 Å². The summed E-state index contributed by atoms with van der Waals surface area (Å²) in [6, 6.07) is 3.15. The zero-order chi connectivity index (χ0) is 13.6. The highest BCUT2D eigenvalue weighted by atomic mass is 16.4. The first kappa shape index (κ1) is 12.4. The van der Waals surface area contributed by atoms with Gasteiger partial charge >= 0.3 is 5.97 Å². The Balaban J connectivity index is 1.80. The van der Waals surface area contributed by atoms with E-state index in [1.165, 1.54) is 0 Å². The lowest BCUT2D eigenvalue weighted by Gasteiger charge is -2.25. The number of hydrogen-bond donors (Lipinski definition) is 3. The van der Waals surface area contributed by atoms with Crippen LogP contribution < -0.4 is 4.90 Å². The van der Waals surface area contributed by atoms with Gasteiger partial charge in [-0.1, -0.05) is 0 Å². The Morgan fingerprint density at radius 2 is 2.00 bits per heavy atom. The number of aromatic carboxylic acids is 1. The molecular formula is C13H16N2O4. The highest BCUT2D eigenvalue weighted by Gasteiger charge is 2.67. The molecule has 0 radical (unpaired) electrons. The zero-order valence-corrected chi connectivity index (χ0v) is 10.4. The smallest absolute Gasteiger partial charge is 0.339 e. The molecule has 1 aromatic rings. The number of aromatic nitrogens is 1. The molecule has 0 amide bonds. The van der Waals surface area contributed by atoms with E-state index in [0.29, 0.717) is 18.9 Å². The SMILES string of the molecule is O=C(O)c1cccnc1N1CC2C(C1)C2(CO)CO. The average molecular weight is 264 g/mol. The van der Waals surface area contributed by atoms with Gasteiger partial charge in [-0.3, -0.25) is 0 Å². The first-order chi connectivity index (χ1) is 9.14. The van der Waals surface area contributed by atoms with Crippen molar-refractivity contribution in [2.45, 2.75) is 0 Å². The third-order valence-corrected chi connectivity index (χ3v) is 4.59. The molecule has 19 heavy (non-hydrogen) atoms. The standard InChI is InChI=1S/C13H16N2O4/c16-6-13(7-17)9-4-15(5-10(9)13)11-8(12(18)19)2-1-3-14-11/h1-3,9-10,16-17H,4-7H2,(H,18,19). The maximum atomic E-state index is 11.2. The van der Waals surface area contributed by atoms with Crippen molar-refractivity contribution in [1.82, 2.24) is 4.98 Å². The second kappa shape index (κ2) is 4.18. The van der Waals surface area contributed by atoms with Crippen LogP contribution in [0.1, 0.15) is 10.4 Å². The number of anilines is 1. The van der Waals surface area contributed by atoms with Crippen LogP contribution in [0.3, 0.4) is 0 Å². The highest BCUT2D eigenvalue weighted by molar-refractivity contribution is 5.93. The van der Waals surface area contributed by atoms with Crippen LogP contribution in [0.25, 0.3) is 0 Å². The Morgan fingerprint density at radius 3 is 2.53 bits per heavy atom. The number of fused-ring (bicyclic) bond motifs is 1. The van der Waals surface area contributed by atoms with E-state index in [1.807, 2.05) is 4.90 Å². The van der Waals surface area contributed by atoms with E-state index in [4.69, 9.17) is 5.11 Å². The number of pyridine rings is 1. The van der Waals surface area contributed by atoms with E-state index < -0.39 is 5.97 Å². The van der Waals surface area contributed by atoms with Gasteiger partial charge in [0.2, 0.25) is 0 Å². The Morgan fingerprint density at radius 1 is 1.37 bits per heavy atom. The Kier molecular flexibility index (Phi) is 2.72. The van der Waals surface area contributed by atoms with Crippen LogP contribution in [0.4, 0.5) is 5.82 Å². The summed E-state index contributed by atoms with van der Waals surface area (Å²) < 4.78 is 0. The Bertz CT molecular complexity index is 501. The minimum atomic E-state index is -0.987. The number of nitrogens with zero attached hydrogens (tertiary/aromatic N) is 2. The molecule has 3 rings (SSSR count). The van der Waals surface area contributed by atoms with Gasteiger partial charge in [-0.05, 0) is 24.0 Å². The molecule has 1 aromatic heterocycles. The number of rotatable bonds is 4. The molecule has 2 heterocycles. The molecule has 102 valence electrons. The van der Waals surface area contributed by atoms with Gasteiger partial charge in [-0.2, -0.15) is 0 Å². The van der Waals surface area contributed by atoms with Crippen molar-refractivity contribution in [3.05, 3.63) is 23.9 Å². The van der Waals surface area contributed by atoms with E-state index in [2.05, 4.69) is 4.98 Å². The van der Waals surface area contributed by atoms with Crippen molar-refractivity contribution in [1.29, 1.82) is 0 Å². The predicted molar refractivity (Wildman–Crippen MR) is 67.0 cm³/mol. The lowest BCUT2D eigenvalue weighted by molar-refractivity contribution is 0.0696. The van der Waals surface area contributed by atoms with Gasteiger partial charge in [0.15, 0.2) is 0 Å². The summed E-state index contributed by atoms with van der Waals surface area (Å²) in [5, 5.41) is 27.9.